The van der Waals surface area contributed by atoms with Crippen LogP contribution in [0.4, 0.5) is 0 Å². The average molecular weight is 214 g/mol. The van der Waals surface area contributed by atoms with E-state index in [1.54, 1.807) is 6.20 Å². The van der Waals surface area contributed by atoms with Gasteiger partial charge in [0.15, 0.2) is 0 Å². The molecule has 1 rings (SSSR count). The quantitative estimate of drug-likeness (QED) is 0.816. The number of rotatable bonds is 5. The molecule has 0 amide bonds. The van der Waals surface area contributed by atoms with Gasteiger partial charge in [0.05, 0.1) is 11.6 Å². The van der Waals surface area contributed by atoms with Crippen molar-refractivity contribution in [2.24, 2.45) is 0 Å². The zero-order valence-corrected chi connectivity index (χ0v) is 9.17. The molecule has 0 aromatic carbocycles. The van der Waals surface area contributed by atoms with Crippen molar-refractivity contribution < 1.29 is 5.11 Å². The summed E-state index contributed by atoms with van der Waals surface area (Å²) in [6.07, 6.45) is 4.88. The van der Waals surface area contributed by atoms with Crippen molar-refractivity contribution in [2.45, 2.75) is 32.1 Å². The molecule has 0 saturated heterocycles. The second-order valence-electron chi connectivity index (χ2n) is 3.42. The Labute approximate surface area is 89.9 Å². The van der Waals surface area contributed by atoms with Gasteiger partial charge in [-0.25, -0.2) is 0 Å². The number of hydrogen-bond donors (Lipinski definition) is 1. The van der Waals surface area contributed by atoms with Gasteiger partial charge in [-0.2, -0.15) is 0 Å². The summed E-state index contributed by atoms with van der Waals surface area (Å²) in [7, 11) is 0. The molecule has 2 nitrogen and oxygen atoms in total. The van der Waals surface area contributed by atoms with E-state index < -0.39 is 0 Å². The predicted octanol–water partition coefficient (Wildman–Crippen LogP) is 3.00. The van der Waals surface area contributed by atoms with Crippen molar-refractivity contribution in [3.05, 3.63) is 29.0 Å². The normalized spacial score (nSPS) is 12.8. The smallest absolute Gasteiger partial charge is 0.0589 e. The van der Waals surface area contributed by atoms with E-state index in [1.165, 1.54) is 0 Å². The number of aliphatic hydroxyl groups is 1. The summed E-state index contributed by atoms with van der Waals surface area (Å²) >= 11 is 5.74. The molecule has 14 heavy (non-hydrogen) atoms. The molecule has 0 aliphatic heterocycles. The number of aliphatic hydroxyl groups excluding tert-OH is 1. The van der Waals surface area contributed by atoms with Crippen LogP contribution in [0.2, 0.25) is 5.02 Å². The highest BCUT2D eigenvalue weighted by Gasteiger charge is 2.10. The monoisotopic (exact) mass is 213 g/mol. The molecule has 0 aliphatic rings. The minimum Gasteiger partial charge on any atom is -0.396 e. The Morgan fingerprint density at radius 3 is 2.79 bits per heavy atom. The molecular formula is C11H16ClNO. The average Bonchev–Trinajstić information content (AvgIpc) is 2.21. The molecular weight excluding hydrogens is 198 g/mol. The van der Waals surface area contributed by atoms with E-state index >= 15 is 0 Å². The summed E-state index contributed by atoms with van der Waals surface area (Å²) in [5.74, 6) is 0.159. The van der Waals surface area contributed by atoms with Gasteiger partial charge in [-0.05, 0) is 18.6 Å². The van der Waals surface area contributed by atoms with Gasteiger partial charge in [0, 0.05) is 17.8 Å². The third-order valence-corrected chi connectivity index (χ3v) is 2.52. The Kier molecular flexibility index (Phi) is 4.91. The Morgan fingerprint density at radius 1 is 1.50 bits per heavy atom. The summed E-state index contributed by atoms with van der Waals surface area (Å²) in [6, 6.07) is 3.71. The zero-order valence-electron chi connectivity index (χ0n) is 8.41. The Morgan fingerprint density at radius 2 is 2.29 bits per heavy atom. The minimum absolute atomic E-state index is 0.159. The van der Waals surface area contributed by atoms with Gasteiger partial charge in [-0.3, -0.25) is 4.98 Å². The van der Waals surface area contributed by atoms with Crippen molar-refractivity contribution in [3.8, 4) is 0 Å². The van der Waals surface area contributed by atoms with E-state index in [1.807, 2.05) is 12.1 Å². The molecule has 0 spiro atoms. The maximum atomic E-state index is 9.20. The lowest BCUT2D eigenvalue weighted by molar-refractivity contribution is 0.255. The van der Waals surface area contributed by atoms with Gasteiger partial charge in [-0.15, -0.1) is 0 Å². The molecule has 0 saturated carbocycles. The van der Waals surface area contributed by atoms with Crippen LogP contribution in [0.1, 0.15) is 37.8 Å². The third kappa shape index (κ3) is 3.28. The lowest BCUT2D eigenvalue weighted by Gasteiger charge is -2.12. The first-order valence-electron chi connectivity index (χ1n) is 5.00. The SMILES string of the molecule is CCCCC(CO)c1ccc(Cl)cn1. The number of aromatic nitrogens is 1. The third-order valence-electron chi connectivity index (χ3n) is 2.30. The van der Waals surface area contributed by atoms with Gasteiger partial charge in [0.25, 0.3) is 0 Å². The van der Waals surface area contributed by atoms with Crippen molar-refractivity contribution in [3.63, 3.8) is 0 Å². The second kappa shape index (κ2) is 5.99. The van der Waals surface area contributed by atoms with E-state index in [0.29, 0.717) is 5.02 Å². The molecule has 1 heterocycles. The maximum Gasteiger partial charge on any atom is 0.0589 e. The lowest BCUT2D eigenvalue weighted by Crippen LogP contribution is -2.05. The highest BCUT2D eigenvalue weighted by Crippen LogP contribution is 2.20. The van der Waals surface area contributed by atoms with Crippen molar-refractivity contribution in [2.75, 3.05) is 6.61 Å². The van der Waals surface area contributed by atoms with E-state index in [4.69, 9.17) is 11.6 Å². The van der Waals surface area contributed by atoms with Crippen LogP contribution in [0.3, 0.4) is 0 Å². The number of hydrogen-bond acceptors (Lipinski definition) is 2. The standard InChI is InChI=1S/C11H16ClNO/c1-2-3-4-9(8-14)11-6-5-10(12)7-13-11/h5-7,9,14H,2-4,8H2,1H3. The fourth-order valence-electron chi connectivity index (χ4n) is 1.41. The van der Waals surface area contributed by atoms with Crippen LogP contribution in [0, 0.1) is 0 Å². The van der Waals surface area contributed by atoms with Crippen LogP contribution in [-0.4, -0.2) is 16.7 Å². The fraction of sp³-hybridized carbons (Fsp3) is 0.545. The van der Waals surface area contributed by atoms with Gasteiger partial charge in [-0.1, -0.05) is 31.4 Å². The van der Waals surface area contributed by atoms with Crippen molar-refractivity contribution in [1.29, 1.82) is 0 Å². The highest BCUT2D eigenvalue weighted by atomic mass is 35.5. The number of unbranched alkanes of at least 4 members (excludes halogenated alkanes) is 1. The molecule has 0 fully saturated rings. The summed E-state index contributed by atoms with van der Waals surface area (Å²) in [4.78, 5) is 4.21. The molecule has 1 aromatic rings. The fourth-order valence-corrected chi connectivity index (χ4v) is 1.52. The first kappa shape index (κ1) is 11.5. The van der Waals surface area contributed by atoms with Crippen molar-refractivity contribution >= 4 is 11.6 Å². The molecule has 0 radical (unpaired) electrons. The minimum atomic E-state index is 0.159. The summed E-state index contributed by atoms with van der Waals surface area (Å²) in [5.41, 5.74) is 0.936. The van der Waals surface area contributed by atoms with Gasteiger partial charge in [0.1, 0.15) is 0 Å². The Balaban J connectivity index is 2.64. The van der Waals surface area contributed by atoms with Crippen LogP contribution in [0.25, 0.3) is 0 Å². The van der Waals surface area contributed by atoms with Crippen LogP contribution in [0.5, 0.6) is 0 Å². The summed E-state index contributed by atoms with van der Waals surface area (Å²) in [6.45, 7) is 2.30. The largest absolute Gasteiger partial charge is 0.396 e. The van der Waals surface area contributed by atoms with Crippen LogP contribution in [-0.2, 0) is 0 Å². The van der Waals surface area contributed by atoms with Gasteiger partial charge < -0.3 is 5.11 Å². The first-order valence-corrected chi connectivity index (χ1v) is 5.38. The number of pyridine rings is 1. The molecule has 3 heteroatoms. The molecule has 78 valence electrons. The summed E-state index contributed by atoms with van der Waals surface area (Å²) in [5, 5.41) is 9.84. The topological polar surface area (TPSA) is 33.1 Å². The number of nitrogens with zero attached hydrogens (tertiary/aromatic N) is 1. The number of halogens is 1. The molecule has 1 unspecified atom stereocenters. The zero-order chi connectivity index (χ0) is 10.4. The highest BCUT2D eigenvalue weighted by molar-refractivity contribution is 6.30. The van der Waals surface area contributed by atoms with E-state index in [2.05, 4.69) is 11.9 Å². The van der Waals surface area contributed by atoms with Crippen LogP contribution < -0.4 is 0 Å². The molecule has 0 aliphatic carbocycles. The molecule has 1 aromatic heterocycles. The maximum absolute atomic E-state index is 9.20. The van der Waals surface area contributed by atoms with E-state index in [9.17, 15) is 5.11 Å². The van der Waals surface area contributed by atoms with Gasteiger partial charge >= 0.3 is 0 Å². The van der Waals surface area contributed by atoms with Crippen molar-refractivity contribution in [1.82, 2.24) is 4.98 Å². The molecule has 0 bridgehead atoms. The van der Waals surface area contributed by atoms with Crippen LogP contribution >= 0.6 is 11.6 Å². The Bertz CT molecular complexity index is 260. The second-order valence-corrected chi connectivity index (χ2v) is 3.86. The lowest BCUT2D eigenvalue weighted by atomic mass is 9.99. The first-order chi connectivity index (χ1) is 6.77. The Hall–Kier alpha value is -0.600. The van der Waals surface area contributed by atoms with Crippen LogP contribution in [0.15, 0.2) is 18.3 Å². The summed E-state index contributed by atoms with van der Waals surface area (Å²) < 4.78 is 0. The van der Waals surface area contributed by atoms with E-state index in [-0.39, 0.29) is 12.5 Å². The molecule has 1 atom stereocenters. The molecule has 1 N–H and O–H groups in total. The van der Waals surface area contributed by atoms with E-state index in [0.717, 1.165) is 25.0 Å². The van der Waals surface area contributed by atoms with Gasteiger partial charge in [0.2, 0.25) is 0 Å². The predicted molar refractivity (Wildman–Crippen MR) is 58.6 cm³/mol.